The first kappa shape index (κ1) is 23.8. The molecule has 3 rings (SSSR count). The van der Waals surface area contributed by atoms with Crippen molar-refractivity contribution < 1.29 is 39.2 Å². The molecule has 0 spiro atoms. The lowest BCUT2D eigenvalue weighted by atomic mass is 9.95. The Kier molecular flexibility index (Phi) is 9.50. The number of amides is 1. The van der Waals surface area contributed by atoms with Gasteiger partial charge in [-0.1, -0.05) is 19.3 Å². The molecular weight excluding hydrogens is 382 g/mol. The van der Waals surface area contributed by atoms with Crippen LogP contribution < -0.4 is 5.32 Å². The molecule has 1 heterocycles. The predicted molar refractivity (Wildman–Crippen MR) is 105 cm³/mol. The summed E-state index contributed by atoms with van der Waals surface area (Å²) in [6, 6.07) is 4.72. The molecule has 1 aliphatic carbocycles. The van der Waals surface area contributed by atoms with E-state index >= 15 is 0 Å². The normalized spacial score (nSPS) is 13.4. The maximum absolute atomic E-state index is 12.0. The van der Waals surface area contributed by atoms with E-state index in [0.717, 1.165) is 39.5 Å². The zero-order valence-electron chi connectivity index (χ0n) is 16.5. The molecule has 2 aromatic rings. The third kappa shape index (κ3) is 9.00. The van der Waals surface area contributed by atoms with E-state index < -0.39 is 11.9 Å². The molecule has 0 unspecified atom stereocenters. The van der Waals surface area contributed by atoms with E-state index in [-0.39, 0.29) is 35.6 Å². The van der Waals surface area contributed by atoms with Gasteiger partial charge in [-0.15, -0.1) is 0 Å². The van der Waals surface area contributed by atoms with Crippen molar-refractivity contribution in [2.75, 3.05) is 0 Å². The zero-order valence-corrected chi connectivity index (χ0v) is 16.5. The van der Waals surface area contributed by atoms with Crippen LogP contribution in [0.3, 0.4) is 0 Å². The van der Waals surface area contributed by atoms with Gasteiger partial charge in [-0.05, 0) is 25.0 Å². The fourth-order valence-electron chi connectivity index (χ4n) is 2.91. The Morgan fingerprint density at radius 3 is 2.14 bits per heavy atom. The van der Waals surface area contributed by atoms with Crippen molar-refractivity contribution in [1.82, 2.24) is 5.32 Å². The number of aromatic hydroxyl groups is 2. The van der Waals surface area contributed by atoms with Crippen molar-refractivity contribution in [3.8, 4) is 11.5 Å². The van der Waals surface area contributed by atoms with E-state index in [2.05, 4.69) is 5.32 Å². The van der Waals surface area contributed by atoms with Crippen LogP contribution in [-0.4, -0.2) is 44.3 Å². The van der Waals surface area contributed by atoms with Gasteiger partial charge in [-0.3, -0.25) is 14.4 Å². The van der Waals surface area contributed by atoms with Gasteiger partial charge in [0.25, 0.3) is 11.9 Å². The summed E-state index contributed by atoms with van der Waals surface area (Å²) in [5.74, 6) is -1.53. The van der Waals surface area contributed by atoms with Crippen molar-refractivity contribution in [2.45, 2.75) is 58.4 Å². The molecule has 9 nitrogen and oxygen atoms in total. The minimum Gasteiger partial charge on any atom is -0.508 e. The minimum atomic E-state index is -0.833. The molecule has 29 heavy (non-hydrogen) atoms. The number of phenols is 1. The molecule has 1 aromatic carbocycles. The second-order valence-corrected chi connectivity index (χ2v) is 6.67. The zero-order chi connectivity index (χ0) is 22.0. The molecule has 0 radical (unpaired) electrons. The monoisotopic (exact) mass is 409 g/mol. The molecule has 1 saturated carbocycles. The number of carboxylic acids is 2. The van der Waals surface area contributed by atoms with Gasteiger partial charge >= 0.3 is 0 Å². The van der Waals surface area contributed by atoms with E-state index in [1.165, 1.54) is 18.6 Å². The second-order valence-electron chi connectivity index (χ2n) is 6.67. The number of fused-ring (bicyclic) bond motifs is 1. The Morgan fingerprint density at radius 2 is 1.59 bits per heavy atom. The van der Waals surface area contributed by atoms with Crippen molar-refractivity contribution >= 4 is 28.8 Å². The standard InChI is InChI=1S/C16H19NO4.2C2H4O2/c18-11-6-7-12-13(8-11)21-14(16(12)20)9-15(19)17-10-4-2-1-3-5-10;2*1-2(3)4/h6-8,10,18,20H,1-5,9H2,(H,17,19);2*1H3,(H,3,4). The number of carboxylic acid groups (broad SMARTS) is 2. The third-order valence-corrected chi connectivity index (χ3v) is 4.01. The topological polar surface area (TPSA) is 157 Å². The fraction of sp³-hybridized carbons (Fsp3) is 0.450. The number of benzene rings is 1. The van der Waals surface area contributed by atoms with E-state index in [9.17, 15) is 15.0 Å². The second kappa shape index (κ2) is 11.6. The van der Waals surface area contributed by atoms with Gasteiger partial charge in [0.15, 0.2) is 11.5 Å². The molecule has 0 aliphatic heterocycles. The highest BCUT2D eigenvalue weighted by molar-refractivity contribution is 5.88. The largest absolute Gasteiger partial charge is 0.508 e. The van der Waals surface area contributed by atoms with Crippen LogP contribution in [0.15, 0.2) is 22.6 Å². The SMILES string of the molecule is CC(=O)O.CC(=O)O.O=C(Cc1oc2cc(O)ccc2c1O)NC1CCCCC1. The summed E-state index contributed by atoms with van der Waals surface area (Å²) in [5.41, 5.74) is 0.382. The van der Waals surface area contributed by atoms with Crippen molar-refractivity contribution in [1.29, 1.82) is 0 Å². The van der Waals surface area contributed by atoms with Gasteiger partial charge in [0.1, 0.15) is 11.3 Å². The maximum Gasteiger partial charge on any atom is 0.300 e. The average molecular weight is 409 g/mol. The lowest BCUT2D eigenvalue weighted by Crippen LogP contribution is -2.37. The summed E-state index contributed by atoms with van der Waals surface area (Å²) in [7, 11) is 0. The highest BCUT2D eigenvalue weighted by Crippen LogP contribution is 2.34. The third-order valence-electron chi connectivity index (χ3n) is 4.01. The number of furan rings is 1. The Hall–Kier alpha value is -3.23. The predicted octanol–water partition coefficient (Wildman–Crippen LogP) is 3.02. The Morgan fingerprint density at radius 1 is 1.03 bits per heavy atom. The first-order chi connectivity index (χ1) is 13.6. The fourth-order valence-corrected chi connectivity index (χ4v) is 2.91. The van der Waals surface area contributed by atoms with Gasteiger partial charge in [0.05, 0.1) is 11.8 Å². The minimum absolute atomic E-state index is 0.0117. The maximum atomic E-state index is 12.0. The van der Waals surface area contributed by atoms with Crippen molar-refractivity contribution in [2.24, 2.45) is 0 Å². The number of phenolic OH excluding ortho intramolecular Hbond substituents is 1. The number of hydrogen-bond acceptors (Lipinski definition) is 6. The molecule has 0 saturated heterocycles. The van der Waals surface area contributed by atoms with Gasteiger partial charge in [-0.25, -0.2) is 0 Å². The van der Waals surface area contributed by atoms with E-state index in [4.69, 9.17) is 24.2 Å². The Labute approximate surface area is 168 Å². The first-order valence-electron chi connectivity index (χ1n) is 9.22. The number of aliphatic carboxylic acids is 2. The molecule has 1 fully saturated rings. The molecule has 0 atom stereocenters. The summed E-state index contributed by atoms with van der Waals surface area (Å²) in [6.45, 7) is 2.17. The molecule has 160 valence electrons. The van der Waals surface area contributed by atoms with Crippen LogP contribution in [0, 0.1) is 0 Å². The summed E-state index contributed by atoms with van der Waals surface area (Å²) < 4.78 is 5.47. The number of nitrogens with one attached hydrogen (secondary N) is 1. The van der Waals surface area contributed by atoms with Crippen LogP contribution in [0.1, 0.15) is 51.7 Å². The van der Waals surface area contributed by atoms with Crippen LogP contribution in [0.4, 0.5) is 0 Å². The Bertz CT molecular complexity index is 816. The smallest absolute Gasteiger partial charge is 0.300 e. The summed E-state index contributed by atoms with van der Waals surface area (Å²) >= 11 is 0. The molecule has 9 heteroatoms. The first-order valence-corrected chi connectivity index (χ1v) is 9.22. The summed E-state index contributed by atoms with van der Waals surface area (Å²) in [5, 5.41) is 37.8. The lowest BCUT2D eigenvalue weighted by Gasteiger charge is -2.22. The molecular formula is C20H27NO8. The number of carbonyl (C=O) groups excluding carboxylic acids is 1. The molecule has 0 bridgehead atoms. The number of rotatable bonds is 3. The molecule has 1 aliphatic rings. The van der Waals surface area contributed by atoms with E-state index in [1.54, 1.807) is 6.07 Å². The van der Waals surface area contributed by atoms with Crippen molar-refractivity contribution in [3.05, 3.63) is 24.0 Å². The molecule has 5 N–H and O–H groups in total. The highest BCUT2D eigenvalue weighted by Gasteiger charge is 2.20. The molecule has 1 amide bonds. The van der Waals surface area contributed by atoms with Crippen LogP contribution in [0.5, 0.6) is 11.5 Å². The lowest BCUT2D eigenvalue weighted by molar-refractivity contribution is -0.135. The summed E-state index contributed by atoms with van der Waals surface area (Å²) in [4.78, 5) is 30.0. The Balaban J connectivity index is 0.000000452. The number of carbonyl (C=O) groups is 3. The van der Waals surface area contributed by atoms with Crippen LogP contribution >= 0.6 is 0 Å². The summed E-state index contributed by atoms with van der Waals surface area (Å²) in [6.07, 6.45) is 5.59. The van der Waals surface area contributed by atoms with E-state index in [0.29, 0.717) is 11.0 Å². The number of hydrogen-bond donors (Lipinski definition) is 5. The van der Waals surface area contributed by atoms with Gasteiger partial charge in [0, 0.05) is 26.0 Å². The van der Waals surface area contributed by atoms with Gasteiger partial charge < -0.3 is 30.2 Å². The van der Waals surface area contributed by atoms with Crippen LogP contribution in [-0.2, 0) is 20.8 Å². The van der Waals surface area contributed by atoms with Gasteiger partial charge in [-0.2, -0.15) is 0 Å². The quantitative estimate of drug-likeness (QED) is 0.517. The van der Waals surface area contributed by atoms with Gasteiger partial charge in [0.2, 0.25) is 5.91 Å². The average Bonchev–Trinajstić information content (AvgIpc) is 2.89. The van der Waals surface area contributed by atoms with E-state index in [1.807, 2.05) is 0 Å². The van der Waals surface area contributed by atoms with Crippen LogP contribution in [0.2, 0.25) is 0 Å². The van der Waals surface area contributed by atoms with Crippen molar-refractivity contribution in [3.63, 3.8) is 0 Å². The van der Waals surface area contributed by atoms with Crippen LogP contribution in [0.25, 0.3) is 11.0 Å². The molecule has 1 aromatic heterocycles. The highest BCUT2D eigenvalue weighted by atomic mass is 16.4.